The van der Waals surface area contributed by atoms with E-state index in [0.29, 0.717) is 5.57 Å². The average molecular weight is 358 g/mol. The quantitative estimate of drug-likeness (QED) is 0.405. The standard InChI is InChI=1S/C22H30O4/c1-15(8-7-9-16(2)14-21(24)25)10-11-19-17(3)20(26-18(4)23)12-13-22(19,5)6/h7-11,14,20H,12-13H2,1-6H3,(H,24,25)/b9-7+,11-10+,15-8+,16-14+. The first kappa shape index (κ1) is 21.7. The third kappa shape index (κ3) is 6.87. The van der Waals surface area contributed by atoms with Gasteiger partial charge in [-0.1, -0.05) is 49.8 Å². The van der Waals surface area contributed by atoms with Crippen molar-refractivity contribution in [2.75, 3.05) is 0 Å². The Labute approximate surface area is 156 Å². The fourth-order valence-corrected chi connectivity index (χ4v) is 3.12. The predicted octanol–water partition coefficient (Wildman–Crippen LogP) is 5.14. The summed E-state index contributed by atoms with van der Waals surface area (Å²) in [5, 5.41) is 8.70. The van der Waals surface area contributed by atoms with Crippen molar-refractivity contribution in [1.82, 2.24) is 0 Å². The van der Waals surface area contributed by atoms with Gasteiger partial charge >= 0.3 is 11.9 Å². The minimum atomic E-state index is -0.947. The zero-order chi connectivity index (χ0) is 19.9. The summed E-state index contributed by atoms with van der Waals surface area (Å²) in [6, 6.07) is 0. The van der Waals surface area contributed by atoms with E-state index in [4.69, 9.17) is 9.84 Å². The van der Waals surface area contributed by atoms with Crippen molar-refractivity contribution in [1.29, 1.82) is 0 Å². The van der Waals surface area contributed by atoms with Crippen LogP contribution in [0.25, 0.3) is 0 Å². The molecule has 0 saturated heterocycles. The number of ether oxygens (including phenoxy) is 1. The second-order valence-corrected chi connectivity index (χ2v) is 7.45. The van der Waals surface area contributed by atoms with E-state index in [2.05, 4.69) is 19.9 Å². The van der Waals surface area contributed by atoms with Gasteiger partial charge in [0.05, 0.1) is 0 Å². The molecular formula is C22H30O4. The molecule has 0 spiro atoms. The van der Waals surface area contributed by atoms with Gasteiger partial charge in [-0.05, 0) is 55.7 Å². The molecular weight excluding hydrogens is 328 g/mol. The number of hydrogen-bond acceptors (Lipinski definition) is 3. The molecule has 0 amide bonds. The molecule has 0 heterocycles. The Kier molecular flexibility index (Phi) is 7.81. The van der Waals surface area contributed by atoms with Crippen LogP contribution in [-0.4, -0.2) is 23.1 Å². The molecule has 142 valence electrons. The summed E-state index contributed by atoms with van der Waals surface area (Å²) in [6.07, 6.45) is 12.5. The van der Waals surface area contributed by atoms with Gasteiger partial charge < -0.3 is 9.84 Å². The lowest BCUT2D eigenvalue weighted by Gasteiger charge is -2.36. The van der Waals surface area contributed by atoms with Crippen molar-refractivity contribution in [3.8, 4) is 0 Å². The van der Waals surface area contributed by atoms with E-state index >= 15 is 0 Å². The summed E-state index contributed by atoms with van der Waals surface area (Å²) in [5.74, 6) is -1.19. The highest BCUT2D eigenvalue weighted by atomic mass is 16.5. The Balaban J connectivity index is 2.97. The molecule has 1 atom stereocenters. The number of rotatable bonds is 6. The molecule has 1 N–H and O–H groups in total. The maximum atomic E-state index is 11.3. The monoisotopic (exact) mass is 358 g/mol. The minimum absolute atomic E-state index is 0.0359. The molecule has 0 radical (unpaired) electrons. The van der Waals surface area contributed by atoms with E-state index in [-0.39, 0.29) is 17.5 Å². The van der Waals surface area contributed by atoms with Gasteiger partial charge in [-0.3, -0.25) is 4.79 Å². The molecule has 4 nitrogen and oxygen atoms in total. The van der Waals surface area contributed by atoms with Crippen LogP contribution in [0.15, 0.2) is 58.7 Å². The van der Waals surface area contributed by atoms with Crippen LogP contribution in [-0.2, 0) is 14.3 Å². The molecule has 0 aromatic rings. The SMILES string of the molecule is CC(=O)OC1CCC(C)(C)C(/C=C/C(C)=C/C=C/C(C)=C/C(=O)O)=C1C. The van der Waals surface area contributed by atoms with Crippen molar-refractivity contribution in [3.05, 3.63) is 58.7 Å². The minimum Gasteiger partial charge on any atom is -0.478 e. The number of carboxylic acid groups (broad SMARTS) is 1. The van der Waals surface area contributed by atoms with Crippen molar-refractivity contribution in [3.63, 3.8) is 0 Å². The van der Waals surface area contributed by atoms with Gasteiger partial charge in [0.25, 0.3) is 0 Å². The molecule has 1 aliphatic rings. The molecule has 0 saturated carbocycles. The van der Waals surface area contributed by atoms with Gasteiger partial charge in [0, 0.05) is 13.0 Å². The average Bonchev–Trinajstić information content (AvgIpc) is 2.48. The van der Waals surface area contributed by atoms with Crippen molar-refractivity contribution in [2.45, 2.75) is 60.5 Å². The highest BCUT2D eigenvalue weighted by Gasteiger charge is 2.33. The lowest BCUT2D eigenvalue weighted by Crippen LogP contribution is -2.30. The van der Waals surface area contributed by atoms with Crippen LogP contribution in [0, 0.1) is 5.41 Å². The fourth-order valence-electron chi connectivity index (χ4n) is 3.12. The van der Waals surface area contributed by atoms with Gasteiger partial charge in [0.15, 0.2) is 0 Å². The van der Waals surface area contributed by atoms with E-state index in [1.165, 1.54) is 18.6 Å². The topological polar surface area (TPSA) is 63.6 Å². The molecule has 4 heteroatoms. The normalized spacial score (nSPS) is 21.5. The van der Waals surface area contributed by atoms with Crippen molar-refractivity contribution >= 4 is 11.9 Å². The fraction of sp³-hybridized carbons (Fsp3) is 0.455. The van der Waals surface area contributed by atoms with Gasteiger partial charge in [-0.2, -0.15) is 0 Å². The Morgan fingerprint density at radius 3 is 2.38 bits per heavy atom. The van der Waals surface area contributed by atoms with Crippen LogP contribution < -0.4 is 0 Å². The molecule has 26 heavy (non-hydrogen) atoms. The molecule has 0 aliphatic heterocycles. The van der Waals surface area contributed by atoms with E-state index in [1.807, 2.05) is 32.1 Å². The summed E-state index contributed by atoms with van der Waals surface area (Å²) in [7, 11) is 0. The number of aliphatic carboxylic acids is 1. The molecule has 1 aliphatic carbocycles. The van der Waals surface area contributed by atoms with Gasteiger partial charge in [0.2, 0.25) is 0 Å². The number of esters is 1. The molecule has 0 bridgehead atoms. The second-order valence-electron chi connectivity index (χ2n) is 7.45. The predicted molar refractivity (Wildman–Crippen MR) is 105 cm³/mol. The third-order valence-electron chi connectivity index (χ3n) is 4.56. The summed E-state index contributed by atoms with van der Waals surface area (Å²) in [4.78, 5) is 21.9. The summed E-state index contributed by atoms with van der Waals surface area (Å²) in [5.41, 5.74) is 4.08. The van der Waals surface area contributed by atoms with Crippen LogP contribution in [0.5, 0.6) is 0 Å². The van der Waals surface area contributed by atoms with Crippen molar-refractivity contribution in [2.24, 2.45) is 5.41 Å². The maximum Gasteiger partial charge on any atom is 0.328 e. The molecule has 0 aromatic heterocycles. The molecule has 0 aromatic carbocycles. The highest BCUT2D eigenvalue weighted by molar-refractivity contribution is 5.81. The van der Waals surface area contributed by atoms with Crippen LogP contribution in [0.3, 0.4) is 0 Å². The molecule has 0 fully saturated rings. The van der Waals surface area contributed by atoms with Crippen LogP contribution >= 0.6 is 0 Å². The van der Waals surface area contributed by atoms with Crippen LogP contribution in [0.1, 0.15) is 54.4 Å². The Morgan fingerprint density at radius 1 is 1.15 bits per heavy atom. The van der Waals surface area contributed by atoms with Gasteiger partial charge in [-0.25, -0.2) is 4.79 Å². The number of carbonyl (C=O) groups is 2. The Bertz CT molecular complexity index is 700. The summed E-state index contributed by atoms with van der Waals surface area (Å²) < 4.78 is 5.45. The van der Waals surface area contributed by atoms with Crippen LogP contribution in [0.2, 0.25) is 0 Å². The lowest BCUT2D eigenvalue weighted by atomic mass is 9.71. The lowest BCUT2D eigenvalue weighted by molar-refractivity contribution is -0.145. The highest BCUT2D eigenvalue weighted by Crippen LogP contribution is 2.42. The number of carbonyl (C=O) groups excluding carboxylic acids is 1. The van der Waals surface area contributed by atoms with Gasteiger partial charge in [0.1, 0.15) is 6.10 Å². The largest absolute Gasteiger partial charge is 0.478 e. The molecule has 1 rings (SSSR count). The maximum absolute atomic E-state index is 11.3. The third-order valence-corrected chi connectivity index (χ3v) is 4.56. The first-order chi connectivity index (χ1) is 12.0. The first-order valence-electron chi connectivity index (χ1n) is 8.85. The Morgan fingerprint density at radius 2 is 1.81 bits per heavy atom. The number of carboxylic acids is 1. The summed E-state index contributed by atoms with van der Waals surface area (Å²) in [6.45, 7) is 11.6. The smallest absolute Gasteiger partial charge is 0.328 e. The summed E-state index contributed by atoms with van der Waals surface area (Å²) >= 11 is 0. The number of hydrogen-bond donors (Lipinski definition) is 1. The first-order valence-corrected chi connectivity index (χ1v) is 8.85. The Hall–Kier alpha value is -2.36. The van der Waals surface area contributed by atoms with Crippen LogP contribution in [0.4, 0.5) is 0 Å². The molecule has 1 unspecified atom stereocenters. The van der Waals surface area contributed by atoms with Gasteiger partial charge in [-0.15, -0.1) is 0 Å². The van der Waals surface area contributed by atoms with E-state index in [1.54, 1.807) is 13.0 Å². The number of allylic oxidation sites excluding steroid dienone is 8. The van der Waals surface area contributed by atoms with E-state index < -0.39 is 5.97 Å². The van der Waals surface area contributed by atoms with E-state index in [0.717, 1.165) is 24.0 Å². The van der Waals surface area contributed by atoms with E-state index in [9.17, 15) is 9.59 Å². The second kappa shape index (κ2) is 9.37. The zero-order valence-electron chi connectivity index (χ0n) is 16.6. The van der Waals surface area contributed by atoms with Crippen molar-refractivity contribution < 1.29 is 19.4 Å². The zero-order valence-corrected chi connectivity index (χ0v) is 16.6.